The van der Waals surface area contributed by atoms with Gasteiger partial charge in [-0.1, -0.05) is 31.9 Å². The van der Waals surface area contributed by atoms with Crippen molar-refractivity contribution in [2.45, 2.75) is 0 Å². The average Bonchev–Trinajstić information content (AvgIpc) is 2.50. The van der Waals surface area contributed by atoms with Crippen molar-refractivity contribution in [3.8, 4) is 5.75 Å². The number of anilines is 1. The summed E-state index contributed by atoms with van der Waals surface area (Å²) >= 11 is 11.5. The van der Waals surface area contributed by atoms with E-state index >= 15 is 0 Å². The van der Waals surface area contributed by atoms with Gasteiger partial charge in [0.05, 0.1) is 18.4 Å². The number of amides is 1. The molecule has 120 valence electrons. The molecule has 2 N–H and O–H groups in total. The molecule has 0 aliphatic rings. The number of benzene rings is 2. The van der Waals surface area contributed by atoms with Gasteiger partial charge in [-0.05, 0) is 48.6 Å². The number of methoxy groups -OCH3 is 1. The largest absolute Gasteiger partial charge is 0.496 e. The lowest BCUT2D eigenvalue weighted by atomic mass is 10.2. The van der Waals surface area contributed by atoms with E-state index in [0.29, 0.717) is 15.8 Å². The smallest absolute Gasteiger partial charge is 0.261 e. The zero-order valence-electron chi connectivity index (χ0n) is 11.8. The van der Waals surface area contributed by atoms with Gasteiger partial charge in [0, 0.05) is 8.95 Å². The Hall–Kier alpha value is -1.51. The van der Waals surface area contributed by atoms with Crippen LogP contribution in [0.5, 0.6) is 5.75 Å². The first kappa shape index (κ1) is 17.8. The molecule has 0 saturated heterocycles. The number of carbonyl (C=O) groups excluding carboxylic acids is 1. The third kappa shape index (κ3) is 4.73. The van der Waals surface area contributed by atoms with Gasteiger partial charge in [0.25, 0.3) is 5.91 Å². The number of rotatable bonds is 3. The van der Waals surface area contributed by atoms with Crippen LogP contribution in [0.15, 0.2) is 45.3 Å². The van der Waals surface area contributed by atoms with E-state index in [0.717, 1.165) is 4.47 Å². The second-order valence-corrected chi connectivity index (χ2v) is 6.62. The first-order chi connectivity index (χ1) is 10.9. The van der Waals surface area contributed by atoms with E-state index in [-0.39, 0.29) is 10.8 Å². The number of hydrogen-bond donors (Lipinski definition) is 2. The van der Waals surface area contributed by atoms with Gasteiger partial charge < -0.3 is 10.1 Å². The van der Waals surface area contributed by atoms with Crippen molar-refractivity contribution in [1.82, 2.24) is 5.32 Å². The predicted octanol–water partition coefficient (Wildman–Crippen LogP) is 4.49. The molecule has 0 aromatic heterocycles. The summed E-state index contributed by atoms with van der Waals surface area (Å²) in [6.07, 6.45) is 0. The van der Waals surface area contributed by atoms with Gasteiger partial charge in [0.15, 0.2) is 5.11 Å². The Morgan fingerprint density at radius 1 is 1.17 bits per heavy atom. The summed E-state index contributed by atoms with van der Waals surface area (Å²) in [5.41, 5.74) is 0.474. The van der Waals surface area contributed by atoms with E-state index < -0.39 is 11.7 Å². The van der Waals surface area contributed by atoms with Crippen LogP contribution >= 0.6 is 44.1 Å². The van der Waals surface area contributed by atoms with Crippen LogP contribution in [0.1, 0.15) is 10.4 Å². The molecule has 0 fully saturated rings. The fraction of sp³-hybridized carbons (Fsp3) is 0.0667. The molecular weight excluding hydrogens is 451 g/mol. The second-order valence-electron chi connectivity index (χ2n) is 4.38. The molecule has 2 aromatic carbocycles. The summed E-state index contributed by atoms with van der Waals surface area (Å²) in [6.45, 7) is 0. The van der Waals surface area contributed by atoms with Crippen LogP contribution in [-0.4, -0.2) is 18.1 Å². The zero-order valence-corrected chi connectivity index (χ0v) is 15.8. The fourth-order valence-electron chi connectivity index (χ4n) is 1.77. The number of halogens is 3. The minimum Gasteiger partial charge on any atom is -0.496 e. The molecule has 2 aromatic rings. The van der Waals surface area contributed by atoms with E-state index in [1.807, 2.05) is 0 Å². The van der Waals surface area contributed by atoms with E-state index in [2.05, 4.69) is 42.5 Å². The molecule has 0 spiro atoms. The van der Waals surface area contributed by atoms with E-state index in [1.165, 1.54) is 19.2 Å². The van der Waals surface area contributed by atoms with Gasteiger partial charge in [-0.15, -0.1) is 0 Å². The fourth-order valence-corrected chi connectivity index (χ4v) is 2.67. The Bertz CT molecular complexity index is 771. The van der Waals surface area contributed by atoms with Gasteiger partial charge in [0.1, 0.15) is 11.6 Å². The minimum atomic E-state index is -0.490. The van der Waals surface area contributed by atoms with Crippen molar-refractivity contribution >= 4 is 60.8 Å². The van der Waals surface area contributed by atoms with Crippen LogP contribution in [0.4, 0.5) is 10.1 Å². The summed E-state index contributed by atoms with van der Waals surface area (Å²) in [5, 5.41) is 5.12. The van der Waals surface area contributed by atoms with Crippen LogP contribution in [0.25, 0.3) is 0 Å². The van der Waals surface area contributed by atoms with Gasteiger partial charge in [0.2, 0.25) is 0 Å². The lowest BCUT2D eigenvalue weighted by molar-refractivity contribution is 0.0974. The lowest BCUT2D eigenvalue weighted by Gasteiger charge is -2.12. The molecule has 0 unspecified atom stereocenters. The maximum atomic E-state index is 13.8. The van der Waals surface area contributed by atoms with Gasteiger partial charge in [-0.25, -0.2) is 4.39 Å². The topological polar surface area (TPSA) is 50.4 Å². The molecule has 4 nitrogen and oxygen atoms in total. The van der Waals surface area contributed by atoms with Crippen molar-refractivity contribution in [2.24, 2.45) is 0 Å². The van der Waals surface area contributed by atoms with Crippen LogP contribution in [0.3, 0.4) is 0 Å². The maximum Gasteiger partial charge on any atom is 0.261 e. The molecule has 0 radical (unpaired) electrons. The number of nitrogens with one attached hydrogen (secondary N) is 2. The van der Waals surface area contributed by atoms with Crippen LogP contribution in [0, 0.1) is 5.82 Å². The first-order valence-corrected chi connectivity index (χ1v) is 8.31. The average molecular weight is 462 g/mol. The minimum absolute atomic E-state index is 0.0155. The second kappa shape index (κ2) is 7.85. The summed E-state index contributed by atoms with van der Waals surface area (Å²) in [5.74, 6) is -0.544. The summed E-state index contributed by atoms with van der Waals surface area (Å²) < 4.78 is 20.2. The van der Waals surface area contributed by atoms with E-state index in [9.17, 15) is 9.18 Å². The monoisotopic (exact) mass is 460 g/mol. The normalized spacial score (nSPS) is 10.1. The molecule has 23 heavy (non-hydrogen) atoms. The number of carbonyl (C=O) groups is 1. The number of thiocarbonyl (C=S) groups is 1. The van der Waals surface area contributed by atoms with Crippen molar-refractivity contribution in [3.05, 3.63) is 56.7 Å². The Labute approximate surface area is 154 Å². The zero-order chi connectivity index (χ0) is 17.0. The molecule has 2 rings (SSSR count). The molecule has 0 aliphatic heterocycles. The summed E-state index contributed by atoms with van der Waals surface area (Å²) in [4.78, 5) is 12.3. The molecule has 0 saturated carbocycles. The SMILES string of the molecule is COc1ccc(Br)cc1C(=O)NC(=S)Nc1ccc(Br)cc1F. The highest BCUT2D eigenvalue weighted by atomic mass is 79.9. The van der Waals surface area contributed by atoms with Gasteiger partial charge in [-0.2, -0.15) is 0 Å². The van der Waals surface area contributed by atoms with E-state index in [1.54, 1.807) is 24.3 Å². The maximum absolute atomic E-state index is 13.8. The number of hydrogen-bond acceptors (Lipinski definition) is 3. The van der Waals surface area contributed by atoms with E-state index in [4.69, 9.17) is 17.0 Å². The van der Waals surface area contributed by atoms with Crippen LogP contribution in [-0.2, 0) is 0 Å². The standard InChI is InChI=1S/C15H11Br2FN2O2S/c1-22-13-5-3-8(16)6-10(13)14(21)20-15(23)19-12-4-2-9(17)7-11(12)18/h2-7H,1H3,(H2,19,20,21,23). The molecular formula is C15H11Br2FN2O2S. The highest BCUT2D eigenvalue weighted by Gasteiger charge is 2.15. The third-order valence-corrected chi connectivity index (χ3v) is 4.00. The molecule has 0 aliphatic carbocycles. The molecule has 8 heteroatoms. The summed E-state index contributed by atoms with van der Waals surface area (Å²) in [6, 6.07) is 9.49. The highest BCUT2D eigenvalue weighted by Crippen LogP contribution is 2.23. The molecule has 0 atom stereocenters. The van der Waals surface area contributed by atoms with Crippen LogP contribution in [0.2, 0.25) is 0 Å². The summed E-state index contributed by atoms with van der Waals surface area (Å²) in [7, 11) is 1.47. The van der Waals surface area contributed by atoms with Crippen molar-refractivity contribution < 1.29 is 13.9 Å². The Balaban J connectivity index is 2.11. The van der Waals surface area contributed by atoms with Crippen molar-refractivity contribution in [3.63, 3.8) is 0 Å². The quantitative estimate of drug-likeness (QED) is 0.661. The number of ether oxygens (including phenoxy) is 1. The lowest BCUT2D eigenvalue weighted by Crippen LogP contribution is -2.34. The Morgan fingerprint density at radius 2 is 1.83 bits per heavy atom. The molecule has 0 bridgehead atoms. The predicted molar refractivity (Wildman–Crippen MR) is 98.5 cm³/mol. The molecule has 0 heterocycles. The Kier molecular flexibility index (Phi) is 6.09. The third-order valence-electron chi connectivity index (χ3n) is 2.81. The van der Waals surface area contributed by atoms with Crippen molar-refractivity contribution in [2.75, 3.05) is 12.4 Å². The first-order valence-electron chi connectivity index (χ1n) is 6.31. The van der Waals surface area contributed by atoms with Gasteiger partial charge in [-0.3, -0.25) is 10.1 Å². The molecule has 1 amide bonds. The van der Waals surface area contributed by atoms with Gasteiger partial charge >= 0.3 is 0 Å². The highest BCUT2D eigenvalue weighted by molar-refractivity contribution is 9.10. The van der Waals surface area contributed by atoms with Crippen LogP contribution < -0.4 is 15.4 Å². The van der Waals surface area contributed by atoms with Crippen molar-refractivity contribution in [1.29, 1.82) is 0 Å². The Morgan fingerprint density at radius 3 is 2.48 bits per heavy atom.